The fraction of sp³-hybridized carbons (Fsp3) is 0.424. The summed E-state index contributed by atoms with van der Waals surface area (Å²) in [5.41, 5.74) is 17.4. The minimum atomic E-state index is -2.31. The largest absolute Gasteiger partial charge is 0.508 e. The maximum absolute atomic E-state index is 16.6. The number of nitrogens with one attached hydrogen (secondary N) is 8. The molecule has 0 radical (unpaired) electrons. The highest BCUT2D eigenvalue weighted by Gasteiger charge is 2.52. The SMILES string of the molecule is CN[C@H](CC(C)C)C(=O)N[C@H]1C(=O)N[C@@H](CC(N)=O)C(=O)N[C@H]2C(=O)N[C@H]3C(=O)N[C@H](C(=O)N[C@H](NCc4ccc(-c5ccc(Cl)cc5)cc4)c4cc(O)cc(O)c4-c4cc3ccc4O)[C@H](O[C@H]3C[C@](C)(N)[C@@H](O)[C@H](C)O3)c3ccc(cc3)Oc3cc2cc(c3O[C@@H]2O[C@H](CO)[C@@H](O)[C@H](O)[C@H]2O[C@H]2C[C@](C)(N)[C@@H](O)[C@H](C)O2)Oc2ccc(cc2Cl)[C@H]1O. The van der Waals surface area contributed by atoms with E-state index in [4.69, 9.17) is 78.3 Å². The number of hydrogen-bond acceptors (Lipinski definition) is 28. The van der Waals surface area contributed by atoms with Crippen LogP contribution < -0.4 is 73.9 Å². The van der Waals surface area contributed by atoms with Crippen LogP contribution in [0.2, 0.25) is 10.0 Å². The smallest absolute Gasteiger partial charge is 0.248 e. The standard InChI is InChI=1S/C85H99Cl2N11O24/c1-36(2)24-52(91-7)77(109)96-66-68(104)44-17-23-56(51(87)26-44)118-58-28-45-27-57(72(58)122-83-73(70(106)69(105)59(35-99)119-83)121-62-33-85(6,90)75(108)38(4)116-62)117-48-20-14-42(15-21-48)71(120-61-32-84(5,89)74(107)37(3)115-61)67-82(114)98-76(92-34-39-8-10-40(11-9-39)41-12-18-46(86)19-13-41)50-29-47(100)30-55(102)63(50)49-25-43(16-22-54(49)101)64(79(111)97-67)95-80(112)65(45)94-78(110)53(31-60(88)103)93-81(66)113/h8-23,25-30,36-38,52-53,59,61-62,64-71,73-76,83,91-92,99-102,104-108H,24,31-35,89-90H2,1-7H3,(H2,88,103)(H,93,113)(H,94,110)(H,95,112)(H,96,109)(H,97,111)(H,98,114)/t37-,38-,52+,53-,59+,61-,62-,64+,65+,66+,67-,68+,69+,70-,71+,73+,74-,75-,76-,83-,84-,85-/m0/s1. The van der Waals surface area contributed by atoms with Gasteiger partial charge in [-0.15, -0.1) is 0 Å². The van der Waals surface area contributed by atoms with Gasteiger partial charge in [0.25, 0.3) is 0 Å². The van der Waals surface area contributed by atoms with Gasteiger partial charge in [-0.25, -0.2) is 0 Å². The molecule has 3 saturated heterocycles. The number of fused-ring (bicyclic) bond motifs is 15. The number of phenols is 3. The lowest BCUT2D eigenvalue weighted by molar-refractivity contribution is -0.333. The zero-order valence-corrected chi connectivity index (χ0v) is 68.7. The average Bonchev–Trinajstić information content (AvgIpc) is 0.766. The third-order valence-corrected chi connectivity index (χ3v) is 23.0. The van der Waals surface area contributed by atoms with Crippen molar-refractivity contribution in [3.05, 3.63) is 177 Å². The normalized spacial score (nSPS) is 30.2. The first kappa shape index (κ1) is 89.4. The number of amides is 7. The van der Waals surface area contributed by atoms with Crippen molar-refractivity contribution in [1.82, 2.24) is 42.5 Å². The second-order valence-corrected chi connectivity index (χ2v) is 33.2. The van der Waals surface area contributed by atoms with Crippen molar-refractivity contribution < 1.29 is 117 Å². The zero-order valence-electron chi connectivity index (χ0n) is 67.2. The van der Waals surface area contributed by atoms with Crippen molar-refractivity contribution in [2.75, 3.05) is 13.7 Å². The number of aliphatic hydroxyl groups is 6. The van der Waals surface area contributed by atoms with Crippen molar-refractivity contribution in [3.63, 3.8) is 0 Å². The molecule has 122 heavy (non-hydrogen) atoms. The summed E-state index contributed by atoms with van der Waals surface area (Å²) in [4.78, 5) is 108. The van der Waals surface area contributed by atoms with Crippen LogP contribution in [-0.4, -0.2) is 204 Å². The lowest BCUT2D eigenvalue weighted by atomic mass is 9.86. The van der Waals surface area contributed by atoms with E-state index >= 15 is 24.0 Å². The number of nitrogens with two attached hydrogens (primary N) is 3. The molecule has 652 valence electrons. The number of ether oxygens (including phenoxy) is 8. The molecule has 7 aromatic carbocycles. The summed E-state index contributed by atoms with van der Waals surface area (Å²) in [5.74, 6) is -12.4. The first-order valence-corrected chi connectivity index (χ1v) is 40.3. The molecule has 11 bridgehead atoms. The van der Waals surface area contributed by atoms with Gasteiger partial charge in [0.05, 0.1) is 48.5 Å². The first-order chi connectivity index (χ1) is 57.8. The number of halogens is 2. The van der Waals surface area contributed by atoms with Crippen molar-refractivity contribution in [3.8, 4) is 68.2 Å². The molecule has 7 amide bonds. The Morgan fingerprint density at radius 2 is 1.23 bits per heavy atom. The average molecular weight is 1730 g/mol. The molecular formula is C85H99Cl2N11O24. The van der Waals surface area contributed by atoms with E-state index in [0.29, 0.717) is 10.6 Å². The molecule has 8 aliphatic rings. The number of rotatable bonds is 18. The number of aliphatic hydroxyl groups excluding tert-OH is 6. The van der Waals surface area contributed by atoms with E-state index in [1.54, 1.807) is 19.1 Å². The van der Waals surface area contributed by atoms with Crippen molar-refractivity contribution in [2.24, 2.45) is 23.1 Å². The van der Waals surface area contributed by atoms with Crippen LogP contribution in [0.5, 0.6) is 46.0 Å². The Kier molecular flexibility index (Phi) is 27.1. The van der Waals surface area contributed by atoms with Crippen molar-refractivity contribution >= 4 is 64.6 Å². The lowest BCUT2D eigenvalue weighted by Crippen LogP contribution is -2.64. The molecule has 37 heteroatoms. The summed E-state index contributed by atoms with van der Waals surface area (Å²) < 4.78 is 52.5. The second kappa shape index (κ2) is 37.0. The predicted octanol–water partition coefficient (Wildman–Crippen LogP) is 3.67. The van der Waals surface area contributed by atoms with Crippen LogP contribution >= 0.6 is 23.2 Å². The van der Waals surface area contributed by atoms with Gasteiger partial charge >= 0.3 is 0 Å². The van der Waals surface area contributed by atoms with Crippen LogP contribution in [0, 0.1) is 5.92 Å². The molecule has 35 nitrogen and oxygen atoms in total. The number of aromatic hydroxyl groups is 3. The van der Waals surface area contributed by atoms with Crippen molar-refractivity contribution in [1.29, 1.82) is 0 Å². The summed E-state index contributed by atoms with van der Waals surface area (Å²) in [6.45, 7) is 8.79. The third kappa shape index (κ3) is 19.6. The molecule has 8 heterocycles. The predicted molar refractivity (Wildman–Crippen MR) is 437 cm³/mol. The van der Waals surface area contributed by atoms with Crippen LogP contribution in [0.1, 0.15) is 131 Å². The monoisotopic (exact) mass is 1730 g/mol. The maximum Gasteiger partial charge on any atom is 0.248 e. The second-order valence-electron chi connectivity index (χ2n) is 32.4. The van der Waals surface area contributed by atoms with Crippen LogP contribution in [0.3, 0.4) is 0 Å². The summed E-state index contributed by atoms with van der Waals surface area (Å²) >= 11 is 13.4. The summed E-state index contributed by atoms with van der Waals surface area (Å²) in [6, 6.07) is 20.0. The number of primary amides is 1. The molecule has 3 fully saturated rings. The Morgan fingerprint density at radius 1 is 0.631 bits per heavy atom. The van der Waals surface area contributed by atoms with E-state index in [9.17, 15) is 55.5 Å². The molecule has 15 rings (SSSR count). The summed E-state index contributed by atoms with van der Waals surface area (Å²) in [5, 5.41) is 128. The summed E-state index contributed by atoms with van der Waals surface area (Å²) in [7, 11) is 1.49. The van der Waals surface area contributed by atoms with Gasteiger partial charge in [-0.3, -0.25) is 38.9 Å². The molecule has 0 unspecified atom stereocenters. The van der Waals surface area contributed by atoms with Gasteiger partial charge < -0.3 is 138 Å². The van der Waals surface area contributed by atoms with Crippen LogP contribution in [0.4, 0.5) is 0 Å². The van der Waals surface area contributed by atoms with Gasteiger partial charge in [0, 0.05) is 58.2 Å². The number of benzene rings is 7. The Balaban J connectivity index is 1.03. The van der Waals surface area contributed by atoms with Crippen molar-refractivity contribution in [2.45, 2.75) is 207 Å². The van der Waals surface area contributed by atoms with Crippen LogP contribution in [0.25, 0.3) is 22.3 Å². The van der Waals surface area contributed by atoms with Gasteiger partial charge in [0.1, 0.15) is 95.6 Å². The fourth-order valence-corrected chi connectivity index (χ4v) is 16.2. The third-order valence-electron chi connectivity index (χ3n) is 22.5. The van der Waals surface area contributed by atoms with Gasteiger partial charge in [-0.2, -0.15) is 0 Å². The quantitative estimate of drug-likeness (QED) is 0.0582. The fourth-order valence-electron chi connectivity index (χ4n) is 15.9. The van der Waals surface area contributed by atoms with E-state index < -0.39 is 228 Å². The molecule has 23 N–H and O–H groups in total. The van der Waals surface area contributed by atoms with Gasteiger partial charge in [-0.05, 0) is 153 Å². The Labute approximate surface area is 710 Å². The minimum Gasteiger partial charge on any atom is -0.508 e. The number of carbonyl (C=O) groups is 7. The molecule has 0 saturated carbocycles. The first-order valence-electron chi connectivity index (χ1n) is 39.6. The molecule has 0 spiro atoms. The van der Waals surface area contributed by atoms with Gasteiger partial charge in [0.15, 0.2) is 30.2 Å². The Morgan fingerprint density at radius 3 is 1.84 bits per heavy atom. The van der Waals surface area contributed by atoms with Crippen LogP contribution in [-0.2, 0) is 63.8 Å². The van der Waals surface area contributed by atoms with E-state index in [0.717, 1.165) is 35.4 Å². The number of carbonyl (C=O) groups excluding carboxylic acids is 7. The topological polar surface area (TPSA) is 550 Å². The highest BCUT2D eigenvalue weighted by molar-refractivity contribution is 6.32. The minimum absolute atomic E-state index is 0.0645. The molecule has 0 aliphatic carbocycles. The molecule has 22 atom stereocenters. The van der Waals surface area contributed by atoms with Gasteiger partial charge in [-0.1, -0.05) is 97.7 Å². The van der Waals surface area contributed by atoms with E-state index in [1.165, 1.54) is 88.5 Å². The summed E-state index contributed by atoms with van der Waals surface area (Å²) in [6.07, 6.45) is -23.4. The highest BCUT2D eigenvalue weighted by Crippen LogP contribution is 2.50. The maximum atomic E-state index is 16.6. The molecular weight excluding hydrogens is 1630 g/mol. The molecule has 0 aromatic heterocycles. The molecule has 8 aliphatic heterocycles. The van der Waals surface area contributed by atoms with Gasteiger partial charge in [0.2, 0.25) is 53.4 Å². The Bertz CT molecular complexity index is 5050. The number of phenolic OH excluding ortho intramolecular Hbond substituents is 3. The van der Waals surface area contributed by atoms with E-state index in [1.807, 2.05) is 50.2 Å². The number of hydrogen-bond donors (Lipinski definition) is 20. The molecule has 7 aromatic rings. The highest BCUT2D eigenvalue weighted by atomic mass is 35.5. The number of likely N-dealkylation sites (N-methyl/N-ethyl adjacent to an activating group) is 1. The zero-order chi connectivity index (χ0) is 87.8. The Hall–Kier alpha value is -10.4. The lowest BCUT2D eigenvalue weighted by Gasteiger charge is -2.47. The van der Waals surface area contributed by atoms with Crippen LogP contribution in [0.15, 0.2) is 133 Å². The van der Waals surface area contributed by atoms with E-state index in [2.05, 4.69) is 42.5 Å². The van der Waals surface area contributed by atoms with E-state index in [-0.39, 0.29) is 81.6 Å².